The number of likely N-dealkylation sites (tertiary alicyclic amines) is 1. The van der Waals surface area contributed by atoms with Crippen molar-refractivity contribution in [1.82, 2.24) is 29.7 Å². The first-order chi connectivity index (χ1) is 20.4. The quantitative estimate of drug-likeness (QED) is 0.326. The molecule has 4 aliphatic rings. The first-order valence-corrected chi connectivity index (χ1v) is 15.1. The lowest BCUT2D eigenvalue weighted by Crippen LogP contribution is -2.48. The Morgan fingerprint density at radius 3 is 2.67 bits per heavy atom. The number of pyridine rings is 2. The second kappa shape index (κ2) is 11.0. The third kappa shape index (κ3) is 4.96. The van der Waals surface area contributed by atoms with Crippen molar-refractivity contribution in [3.05, 3.63) is 41.3 Å². The number of nitrogens with zero attached hydrogens (tertiary/aromatic N) is 7. The fourth-order valence-corrected chi connectivity index (χ4v) is 7.27. The zero-order chi connectivity index (χ0) is 29.0. The summed E-state index contributed by atoms with van der Waals surface area (Å²) in [6.07, 6.45) is 6.21. The molecule has 12 nitrogen and oxygen atoms in total. The Morgan fingerprint density at radius 2 is 1.93 bits per heavy atom. The van der Waals surface area contributed by atoms with E-state index in [9.17, 15) is 20.1 Å². The van der Waals surface area contributed by atoms with Gasteiger partial charge in [0.25, 0.3) is 0 Å². The first-order valence-electron chi connectivity index (χ1n) is 15.1. The highest BCUT2D eigenvalue weighted by Gasteiger charge is 2.41. The van der Waals surface area contributed by atoms with Crippen LogP contribution in [0.3, 0.4) is 0 Å². The maximum absolute atomic E-state index is 13.3. The van der Waals surface area contributed by atoms with Crippen molar-refractivity contribution in [1.29, 1.82) is 0 Å². The van der Waals surface area contributed by atoms with E-state index in [0.29, 0.717) is 68.6 Å². The number of aliphatic hydroxyl groups is 3. The summed E-state index contributed by atoms with van der Waals surface area (Å²) in [7, 11) is 0. The van der Waals surface area contributed by atoms with Crippen molar-refractivity contribution < 1.29 is 20.1 Å². The maximum atomic E-state index is 13.3. The van der Waals surface area contributed by atoms with Crippen LogP contribution in [0.15, 0.2) is 24.4 Å². The predicted molar refractivity (Wildman–Crippen MR) is 156 cm³/mol. The molecule has 2 bridgehead atoms. The molecule has 4 aliphatic heterocycles. The SMILES string of the molecule is CC(O)c1cc2cnc(Nc3ccc4c(n3)CCN(C(=O)[C@@H]3C[C@H](O)CN3CCO)C4)nc2c(N2C3CCC2CC3)n1. The lowest BCUT2D eigenvalue weighted by atomic mass is 10.0. The highest BCUT2D eigenvalue weighted by atomic mass is 16.3. The van der Waals surface area contributed by atoms with Crippen molar-refractivity contribution in [3.63, 3.8) is 0 Å². The predicted octanol–water partition coefficient (Wildman–Crippen LogP) is 1.66. The topological polar surface area (TPSA) is 151 Å². The molecule has 7 rings (SSSR count). The third-order valence-electron chi connectivity index (χ3n) is 9.35. The van der Waals surface area contributed by atoms with Crippen LogP contribution in [-0.4, -0.2) is 101 Å². The molecule has 1 unspecified atom stereocenters. The van der Waals surface area contributed by atoms with Crippen molar-refractivity contribution in [3.8, 4) is 0 Å². The average molecular weight is 575 g/mol. The molecule has 0 saturated carbocycles. The van der Waals surface area contributed by atoms with Crippen LogP contribution < -0.4 is 10.2 Å². The molecule has 3 saturated heterocycles. The van der Waals surface area contributed by atoms with Gasteiger partial charge in [0, 0.05) is 62.0 Å². The van der Waals surface area contributed by atoms with Gasteiger partial charge in [-0.25, -0.2) is 19.9 Å². The fraction of sp³-hybridized carbons (Fsp3) is 0.567. The van der Waals surface area contributed by atoms with Gasteiger partial charge in [-0.05, 0) is 56.7 Å². The van der Waals surface area contributed by atoms with Gasteiger partial charge in [-0.2, -0.15) is 0 Å². The Bertz CT molecular complexity index is 1480. The molecule has 3 aromatic rings. The minimum absolute atomic E-state index is 0.00739. The van der Waals surface area contributed by atoms with E-state index in [4.69, 9.17) is 15.0 Å². The number of nitrogens with one attached hydrogen (secondary N) is 1. The number of rotatable bonds is 7. The molecule has 3 fully saturated rings. The Labute approximate surface area is 244 Å². The molecule has 7 heterocycles. The fourth-order valence-electron chi connectivity index (χ4n) is 7.27. The van der Waals surface area contributed by atoms with Gasteiger partial charge in [0.15, 0.2) is 5.82 Å². The summed E-state index contributed by atoms with van der Waals surface area (Å²) in [5.74, 6) is 1.89. The first kappa shape index (κ1) is 27.4. The van der Waals surface area contributed by atoms with E-state index in [0.717, 1.165) is 53.7 Å². The zero-order valence-corrected chi connectivity index (χ0v) is 23.9. The van der Waals surface area contributed by atoms with Crippen LogP contribution in [-0.2, 0) is 17.8 Å². The van der Waals surface area contributed by atoms with E-state index in [1.165, 1.54) is 0 Å². The monoisotopic (exact) mass is 574 g/mol. The smallest absolute Gasteiger partial charge is 0.240 e. The van der Waals surface area contributed by atoms with E-state index >= 15 is 0 Å². The minimum Gasteiger partial charge on any atom is -0.395 e. The van der Waals surface area contributed by atoms with E-state index in [1.807, 2.05) is 28.0 Å². The van der Waals surface area contributed by atoms with Gasteiger partial charge in [0.1, 0.15) is 11.3 Å². The van der Waals surface area contributed by atoms with Gasteiger partial charge < -0.3 is 30.4 Å². The summed E-state index contributed by atoms with van der Waals surface area (Å²) < 4.78 is 0. The summed E-state index contributed by atoms with van der Waals surface area (Å²) >= 11 is 0. The summed E-state index contributed by atoms with van der Waals surface area (Å²) in [5, 5.41) is 33.9. The van der Waals surface area contributed by atoms with Gasteiger partial charge in [-0.1, -0.05) is 6.07 Å². The van der Waals surface area contributed by atoms with Gasteiger partial charge in [-0.3, -0.25) is 9.69 Å². The van der Waals surface area contributed by atoms with Crippen LogP contribution in [0.4, 0.5) is 17.6 Å². The summed E-state index contributed by atoms with van der Waals surface area (Å²) in [4.78, 5) is 38.6. The van der Waals surface area contributed by atoms with Crippen LogP contribution in [0.2, 0.25) is 0 Å². The number of aromatic nitrogens is 4. The van der Waals surface area contributed by atoms with Crippen molar-refractivity contribution in [2.45, 2.75) is 82.3 Å². The number of hydrogen-bond donors (Lipinski definition) is 4. The molecule has 4 N–H and O–H groups in total. The van der Waals surface area contributed by atoms with Crippen LogP contribution in [0, 0.1) is 0 Å². The number of fused-ring (bicyclic) bond motifs is 4. The third-order valence-corrected chi connectivity index (χ3v) is 9.35. The average Bonchev–Trinajstić information content (AvgIpc) is 3.70. The Morgan fingerprint density at radius 1 is 1.14 bits per heavy atom. The molecule has 0 spiro atoms. The number of aliphatic hydroxyl groups excluding tert-OH is 3. The highest BCUT2D eigenvalue weighted by Crippen LogP contribution is 2.42. The highest BCUT2D eigenvalue weighted by molar-refractivity contribution is 5.90. The van der Waals surface area contributed by atoms with Gasteiger partial charge in [0.2, 0.25) is 11.9 Å². The van der Waals surface area contributed by atoms with Crippen molar-refractivity contribution >= 4 is 34.4 Å². The number of β-amino-alcohol motifs (C(OH)–C–C–N with tert-alkyl or cyclic N) is 2. The Kier molecular flexibility index (Phi) is 7.17. The molecular formula is C30H38N8O4. The molecule has 3 atom stereocenters. The van der Waals surface area contributed by atoms with Crippen LogP contribution in [0.1, 0.15) is 62.1 Å². The largest absolute Gasteiger partial charge is 0.395 e. The van der Waals surface area contributed by atoms with Gasteiger partial charge >= 0.3 is 0 Å². The van der Waals surface area contributed by atoms with Crippen LogP contribution in [0.5, 0.6) is 0 Å². The molecule has 1 amide bonds. The lowest BCUT2D eigenvalue weighted by molar-refractivity contribution is -0.137. The van der Waals surface area contributed by atoms with E-state index in [1.54, 1.807) is 13.1 Å². The molecule has 0 radical (unpaired) electrons. The van der Waals surface area contributed by atoms with Gasteiger partial charge in [0.05, 0.1) is 30.6 Å². The normalized spacial score (nSPS) is 26.2. The molecule has 42 heavy (non-hydrogen) atoms. The number of anilines is 3. The van der Waals surface area contributed by atoms with Gasteiger partial charge in [-0.15, -0.1) is 0 Å². The molecule has 12 heteroatoms. The number of carbonyl (C=O) groups excluding carboxylic acids is 1. The molecule has 0 aromatic carbocycles. The van der Waals surface area contributed by atoms with Crippen LogP contribution in [0.25, 0.3) is 10.9 Å². The Balaban J connectivity index is 1.11. The maximum Gasteiger partial charge on any atom is 0.240 e. The lowest BCUT2D eigenvalue weighted by Gasteiger charge is -2.33. The van der Waals surface area contributed by atoms with Crippen molar-refractivity contribution in [2.75, 3.05) is 36.5 Å². The van der Waals surface area contributed by atoms with Crippen LogP contribution >= 0.6 is 0 Å². The van der Waals surface area contributed by atoms with Crippen molar-refractivity contribution in [2.24, 2.45) is 0 Å². The standard InChI is InChI=1S/C30H38N8O4/c1-17(40)24-12-19-14-31-30(35-27(19)28(33-24)38-20-3-4-21(38)6-5-20)34-26-7-2-18-15-37(9-8-23(18)32-26)29(42)25-13-22(41)16-36(25)10-11-39/h2,7,12,14,17,20-22,25,39-41H,3-6,8-11,13,15-16H2,1H3,(H,31,32,34,35)/t17?,20?,21?,22-,25-/m0/s1. The van der Waals surface area contributed by atoms with E-state index in [2.05, 4.69) is 15.2 Å². The second-order valence-electron chi connectivity index (χ2n) is 12.1. The van der Waals surface area contributed by atoms with E-state index < -0.39 is 18.2 Å². The zero-order valence-electron chi connectivity index (χ0n) is 23.9. The van der Waals surface area contributed by atoms with E-state index in [-0.39, 0.29) is 12.5 Å². The minimum atomic E-state index is -0.679. The number of carbonyl (C=O) groups is 1. The molecule has 222 valence electrons. The molecular weight excluding hydrogens is 536 g/mol. The summed E-state index contributed by atoms with van der Waals surface area (Å²) in [6, 6.07) is 6.26. The Hall–Kier alpha value is -3.45. The summed E-state index contributed by atoms with van der Waals surface area (Å²) in [5.41, 5.74) is 3.33. The second-order valence-corrected chi connectivity index (χ2v) is 12.1. The molecule has 3 aromatic heterocycles. The number of hydrogen-bond acceptors (Lipinski definition) is 11. The molecule has 0 aliphatic carbocycles. The number of amides is 1. The summed E-state index contributed by atoms with van der Waals surface area (Å²) in [6.45, 7) is 3.49.